The molecule has 0 spiro atoms. The minimum absolute atomic E-state index is 0.180. The van der Waals surface area contributed by atoms with Gasteiger partial charge in [0.2, 0.25) is 0 Å². The van der Waals surface area contributed by atoms with Gasteiger partial charge in [-0.1, -0.05) is 67.9 Å². The minimum atomic E-state index is 0.180. The maximum Gasteiger partial charge on any atom is -0.00606 e. The van der Waals surface area contributed by atoms with E-state index in [-0.39, 0.29) is 5.41 Å². The lowest BCUT2D eigenvalue weighted by Gasteiger charge is -2.27. The van der Waals surface area contributed by atoms with Crippen molar-refractivity contribution in [2.24, 2.45) is 0 Å². The third-order valence-electron chi connectivity index (χ3n) is 3.60. The van der Waals surface area contributed by atoms with Gasteiger partial charge in [0.1, 0.15) is 0 Å². The molecule has 0 aliphatic rings. The van der Waals surface area contributed by atoms with Crippen molar-refractivity contribution in [3.05, 3.63) is 70.8 Å². The van der Waals surface area contributed by atoms with Crippen LogP contribution in [-0.4, -0.2) is 0 Å². The summed E-state index contributed by atoms with van der Waals surface area (Å²) >= 11 is 0. The molecule has 0 aliphatic heterocycles. The lowest BCUT2D eigenvalue weighted by Crippen LogP contribution is -2.21. The Morgan fingerprint density at radius 3 is 2.28 bits per heavy atom. The molecular formula is C18H22. The Bertz CT molecular complexity index is 535. The van der Waals surface area contributed by atoms with Crippen molar-refractivity contribution < 1.29 is 0 Å². The summed E-state index contributed by atoms with van der Waals surface area (Å²) in [6, 6.07) is 17.5. The molecule has 0 heteroatoms. The van der Waals surface area contributed by atoms with Crippen LogP contribution in [0.1, 0.15) is 36.1 Å². The number of aryl methyl sites for hydroxylation is 2. The highest BCUT2D eigenvalue weighted by atomic mass is 14.3. The summed E-state index contributed by atoms with van der Waals surface area (Å²) in [6.45, 7) is 9.02. The van der Waals surface area contributed by atoms with E-state index in [0.29, 0.717) is 0 Å². The first-order valence-electron chi connectivity index (χ1n) is 6.61. The second-order valence-corrected chi connectivity index (χ2v) is 5.86. The van der Waals surface area contributed by atoms with Crippen molar-refractivity contribution in [3.63, 3.8) is 0 Å². The summed E-state index contributed by atoms with van der Waals surface area (Å²) in [5.41, 5.74) is 5.78. The van der Waals surface area contributed by atoms with Gasteiger partial charge in [-0.2, -0.15) is 0 Å². The zero-order valence-corrected chi connectivity index (χ0v) is 11.8. The third kappa shape index (κ3) is 2.81. The molecule has 94 valence electrons. The number of benzene rings is 2. The zero-order chi connectivity index (χ0) is 13.2. The Morgan fingerprint density at radius 2 is 1.61 bits per heavy atom. The summed E-state index contributed by atoms with van der Waals surface area (Å²) < 4.78 is 0. The second-order valence-electron chi connectivity index (χ2n) is 5.86. The molecule has 0 radical (unpaired) electrons. The van der Waals surface area contributed by atoms with Gasteiger partial charge in [-0.05, 0) is 42.4 Å². The minimum Gasteiger partial charge on any atom is -0.0620 e. The lowest BCUT2D eigenvalue weighted by molar-refractivity contribution is 0.519. The van der Waals surface area contributed by atoms with E-state index in [1.54, 1.807) is 0 Å². The van der Waals surface area contributed by atoms with Crippen LogP contribution >= 0.6 is 0 Å². The summed E-state index contributed by atoms with van der Waals surface area (Å²) in [4.78, 5) is 0. The second kappa shape index (κ2) is 4.97. The topological polar surface area (TPSA) is 0 Å². The molecule has 0 bridgehead atoms. The Morgan fingerprint density at radius 1 is 0.889 bits per heavy atom. The molecule has 0 nitrogen and oxygen atoms in total. The van der Waals surface area contributed by atoms with Crippen LogP contribution < -0.4 is 0 Å². The van der Waals surface area contributed by atoms with Crippen molar-refractivity contribution in [2.75, 3.05) is 0 Å². The van der Waals surface area contributed by atoms with Crippen molar-refractivity contribution in [1.29, 1.82) is 0 Å². The van der Waals surface area contributed by atoms with Gasteiger partial charge < -0.3 is 0 Å². The summed E-state index contributed by atoms with van der Waals surface area (Å²) in [6.07, 6.45) is 1.08. The van der Waals surface area contributed by atoms with Gasteiger partial charge in [-0.3, -0.25) is 0 Å². The Balaban J connectivity index is 2.30. The number of hydrogen-bond acceptors (Lipinski definition) is 0. The monoisotopic (exact) mass is 238 g/mol. The smallest absolute Gasteiger partial charge is 0.00606 e. The summed E-state index contributed by atoms with van der Waals surface area (Å²) in [5.74, 6) is 0. The molecule has 0 saturated heterocycles. The normalized spacial score (nSPS) is 11.6. The van der Waals surface area contributed by atoms with Crippen LogP contribution in [-0.2, 0) is 11.8 Å². The summed E-state index contributed by atoms with van der Waals surface area (Å²) in [5, 5.41) is 0. The lowest BCUT2D eigenvalue weighted by atomic mass is 9.77. The van der Waals surface area contributed by atoms with Crippen LogP contribution in [0.15, 0.2) is 48.5 Å². The van der Waals surface area contributed by atoms with Gasteiger partial charge in [0.05, 0.1) is 0 Å². The van der Waals surface area contributed by atoms with E-state index in [4.69, 9.17) is 0 Å². The molecule has 0 amide bonds. The van der Waals surface area contributed by atoms with E-state index < -0.39 is 0 Å². The first-order valence-corrected chi connectivity index (χ1v) is 6.61. The standard InChI is InChI=1S/C18H22/c1-14-8-7-10-16(12-14)13-18(3,4)17-11-6-5-9-15(17)2/h5-12H,13H2,1-4H3. The van der Waals surface area contributed by atoms with E-state index in [1.807, 2.05) is 0 Å². The van der Waals surface area contributed by atoms with Crippen molar-refractivity contribution in [3.8, 4) is 0 Å². The van der Waals surface area contributed by atoms with Crippen LogP contribution in [0.25, 0.3) is 0 Å². The van der Waals surface area contributed by atoms with Gasteiger partial charge >= 0.3 is 0 Å². The Hall–Kier alpha value is -1.56. The van der Waals surface area contributed by atoms with Gasteiger partial charge in [0.15, 0.2) is 0 Å². The number of hydrogen-bond donors (Lipinski definition) is 0. The third-order valence-corrected chi connectivity index (χ3v) is 3.60. The highest BCUT2D eigenvalue weighted by molar-refractivity contribution is 5.35. The Labute approximate surface area is 111 Å². The molecule has 2 aromatic rings. The SMILES string of the molecule is Cc1cccc(CC(C)(C)c2ccccc2C)c1. The highest BCUT2D eigenvalue weighted by Gasteiger charge is 2.22. The molecule has 2 rings (SSSR count). The molecule has 0 aliphatic carbocycles. The first kappa shape index (κ1) is 12.9. The van der Waals surface area contributed by atoms with Gasteiger partial charge in [0, 0.05) is 0 Å². The average Bonchev–Trinajstić information content (AvgIpc) is 2.28. The molecule has 0 aromatic heterocycles. The van der Waals surface area contributed by atoms with Crippen molar-refractivity contribution in [1.82, 2.24) is 0 Å². The van der Waals surface area contributed by atoms with Crippen LogP contribution in [0, 0.1) is 13.8 Å². The number of rotatable bonds is 3. The van der Waals surface area contributed by atoms with Crippen molar-refractivity contribution in [2.45, 2.75) is 39.5 Å². The Kier molecular flexibility index (Phi) is 3.56. The van der Waals surface area contributed by atoms with Crippen LogP contribution in [0.4, 0.5) is 0 Å². The van der Waals surface area contributed by atoms with Gasteiger partial charge in [0.25, 0.3) is 0 Å². The van der Waals surface area contributed by atoms with Gasteiger partial charge in [-0.25, -0.2) is 0 Å². The molecule has 0 fully saturated rings. The zero-order valence-electron chi connectivity index (χ0n) is 11.8. The van der Waals surface area contributed by atoms with E-state index in [9.17, 15) is 0 Å². The predicted molar refractivity (Wildman–Crippen MR) is 79.1 cm³/mol. The largest absolute Gasteiger partial charge is 0.0620 e. The molecule has 0 saturated carbocycles. The molecule has 2 aromatic carbocycles. The van der Waals surface area contributed by atoms with Crippen LogP contribution in [0.2, 0.25) is 0 Å². The van der Waals surface area contributed by atoms with E-state index >= 15 is 0 Å². The quantitative estimate of drug-likeness (QED) is 0.719. The molecule has 0 N–H and O–H groups in total. The molecule has 0 atom stereocenters. The summed E-state index contributed by atoms with van der Waals surface area (Å²) in [7, 11) is 0. The molecule has 0 unspecified atom stereocenters. The maximum atomic E-state index is 2.33. The van der Waals surface area contributed by atoms with Crippen LogP contribution in [0.5, 0.6) is 0 Å². The fraction of sp³-hybridized carbons (Fsp3) is 0.333. The highest BCUT2D eigenvalue weighted by Crippen LogP contribution is 2.30. The fourth-order valence-corrected chi connectivity index (χ4v) is 2.76. The maximum absolute atomic E-state index is 2.33. The first-order chi connectivity index (χ1) is 8.49. The molecular weight excluding hydrogens is 216 g/mol. The predicted octanol–water partition coefficient (Wildman–Crippen LogP) is 4.82. The van der Waals surface area contributed by atoms with E-state index in [1.165, 1.54) is 22.3 Å². The van der Waals surface area contributed by atoms with Crippen molar-refractivity contribution >= 4 is 0 Å². The van der Waals surface area contributed by atoms with Crippen LogP contribution in [0.3, 0.4) is 0 Å². The van der Waals surface area contributed by atoms with Gasteiger partial charge in [-0.15, -0.1) is 0 Å². The van der Waals surface area contributed by atoms with E-state index in [2.05, 4.69) is 76.2 Å². The molecule has 0 heterocycles. The fourth-order valence-electron chi connectivity index (χ4n) is 2.76. The van der Waals surface area contributed by atoms with E-state index in [0.717, 1.165) is 6.42 Å². The average molecular weight is 238 g/mol. The molecule has 18 heavy (non-hydrogen) atoms.